The SMILES string of the molecule is CCOC(=O)C1=C(C)Nc2nc3ccccc3n2C1c1ccc2ccc3cccc4ccc1c2c34. The van der Waals surface area contributed by atoms with Crippen LogP contribution in [-0.4, -0.2) is 22.1 Å². The van der Waals surface area contributed by atoms with Gasteiger partial charge < -0.3 is 10.1 Å². The van der Waals surface area contributed by atoms with Gasteiger partial charge in [0.1, 0.15) is 0 Å². The van der Waals surface area contributed by atoms with Crippen LogP contribution in [0, 0.1) is 0 Å². The summed E-state index contributed by atoms with van der Waals surface area (Å²) in [7, 11) is 0. The Kier molecular flexibility index (Phi) is 4.18. The minimum Gasteiger partial charge on any atom is -0.463 e. The number of anilines is 1. The van der Waals surface area contributed by atoms with E-state index in [1.165, 1.54) is 26.9 Å². The van der Waals surface area contributed by atoms with E-state index in [-0.39, 0.29) is 12.0 Å². The number of fused-ring (bicyclic) bond motifs is 3. The number of hydrogen-bond donors (Lipinski definition) is 1. The lowest BCUT2D eigenvalue weighted by atomic mass is 9.87. The molecule has 35 heavy (non-hydrogen) atoms. The summed E-state index contributed by atoms with van der Waals surface area (Å²) in [4.78, 5) is 18.2. The molecule has 1 aromatic heterocycles. The summed E-state index contributed by atoms with van der Waals surface area (Å²) < 4.78 is 7.70. The lowest BCUT2D eigenvalue weighted by molar-refractivity contribution is -0.139. The summed E-state index contributed by atoms with van der Waals surface area (Å²) in [5.41, 5.74) is 4.29. The molecule has 5 heteroatoms. The second kappa shape index (κ2) is 7.31. The number of ether oxygens (including phenoxy) is 1. The molecule has 1 aliphatic rings. The van der Waals surface area contributed by atoms with E-state index in [2.05, 4.69) is 70.5 Å². The Morgan fingerprint density at radius 1 is 0.914 bits per heavy atom. The third-order valence-electron chi connectivity index (χ3n) is 7.18. The number of carbonyl (C=O) groups is 1. The third-order valence-corrected chi connectivity index (χ3v) is 7.18. The average Bonchev–Trinajstić information content (AvgIpc) is 3.24. The van der Waals surface area contributed by atoms with Crippen LogP contribution in [-0.2, 0) is 9.53 Å². The van der Waals surface area contributed by atoms with Crippen LogP contribution >= 0.6 is 0 Å². The Hall–Kier alpha value is -4.38. The zero-order chi connectivity index (χ0) is 23.7. The van der Waals surface area contributed by atoms with Crippen molar-refractivity contribution in [3.63, 3.8) is 0 Å². The first-order chi connectivity index (χ1) is 17.2. The van der Waals surface area contributed by atoms with E-state index in [0.29, 0.717) is 12.2 Å². The molecule has 1 aliphatic heterocycles. The molecule has 7 rings (SSSR count). The zero-order valence-electron chi connectivity index (χ0n) is 19.5. The fourth-order valence-corrected chi connectivity index (χ4v) is 5.73. The summed E-state index contributed by atoms with van der Waals surface area (Å²) in [6.07, 6.45) is 0. The summed E-state index contributed by atoms with van der Waals surface area (Å²) >= 11 is 0. The van der Waals surface area contributed by atoms with Gasteiger partial charge in [-0.2, -0.15) is 0 Å². The van der Waals surface area contributed by atoms with Gasteiger partial charge in [-0.15, -0.1) is 0 Å². The summed E-state index contributed by atoms with van der Waals surface area (Å²) in [6, 6.07) is 27.2. The first kappa shape index (κ1) is 20.0. The molecule has 1 atom stereocenters. The molecular weight excluding hydrogens is 434 g/mol. The molecule has 5 nitrogen and oxygen atoms in total. The van der Waals surface area contributed by atoms with E-state index in [1.807, 2.05) is 32.0 Å². The average molecular weight is 458 g/mol. The number of aromatic nitrogens is 2. The van der Waals surface area contributed by atoms with Crippen molar-refractivity contribution in [2.45, 2.75) is 19.9 Å². The number of benzene rings is 5. The second-order valence-electron chi connectivity index (χ2n) is 9.09. The number of carbonyl (C=O) groups excluding carboxylic acids is 1. The van der Waals surface area contributed by atoms with Crippen LogP contribution in [0.1, 0.15) is 25.5 Å². The van der Waals surface area contributed by atoms with Crippen LogP contribution in [0.15, 0.2) is 90.1 Å². The van der Waals surface area contributed by atoms with E-state index in [9.17, 15) is 4.79 Å². The molecule has 0 bridgehead atoms. The number of nitrogens with one attached hydrogen (secondary N) is 1. The van der Waals surface area contributed by atoms with E-state index >= 15 is 0 Å². The highest BCUT2D eigenvalue weighted by Crippen LogP contribution is 2.44. The normalized spacial score (nSPS) is 15.8. The molecule has 0 fully saturated rings. The molecular formula is C30H23N3O2. The highest BCUT2D eigenvalue weighted by molar-refractivity contribution is 6.23. The van der Waals surface area contributed by atoms with Crippen LogP contribution in [0.2, 0.25) is 0 Å². The third kappa shape index (κ3) is 2.75. The number of rotatable bonds is 3. The monoisotopic (exact) mass is 457 g/mol. The predicted octanol–water partition coefficient (Wildman–Crippen LogP) is 6.79. The van der Waals surface area contributed by atoms with E-state index < -0.39 is 0 Å². The van der Waals surface area contributed by atoms with Gasteiger partial charge in [-0.1, -0.05) is 66.7 Å². The van der Waals surface area contributed by atoms with Crippen molar-refractivity contribution in [3.05, 3.63) is 95.7 Å². The topological polar surface area (TPSA) is 56.1 Å². The first-order valence-electron chi connectivity index (χ1n) is 11.9. The lowest BCUT2D eigenvalue weighted by Crippen LogP contribution is -2.29. The largest absolute Gasteiger partial charge is 0.463 e. The summed E-state index contributed by atoms with van der Waals surface area (Å²) in [5, 5.41) is 10.6. The van der Waals surface area contributed by atoms with Gasteiger partial charge in [0.15, 0.2) is 0 Å². The zero-order valence-corrected chi connectivity index (χ0v) is 19.5. The molecule has 5 aromatic carbocycles. The maximum Gasteiger partial charge on any atom is 0.338 e. The van der Waals surface area contributed by atoms with Gasteiger partial charge in [-0.3, -0.25) is 4.57 Å². The quantitative estimate of drug-likeness (QED) is 0.235. The summed E-state index contributed by atoms with van der Waals surface area (Å²) in [5.74, 6) is 0.420. The predicted molar refractivity (Wildman–Crippen MR) is 141 cm³/mol. The number of allylic oxidation sites excluding steroid dienone is 1. The van der Waals surface area contributed by atoms with Crippen molar-refractivity contribution >= 4 is 55.3 Å². The highest BCUT2D eigenvalue weighted by Gasteiger charge is 2.36. The fraction of sp³-hybridized carbons (Fsp3) is 0.133. The molecule has 0 radical (unpaired) electrons. The maximum absolute atomic E-state index is 13.4. The number of esters is 1. The highest BCUT2D eigenvalue weighted by atomic mass is 16.5. The van der Waals surface area contributed by atoms with Crippen molar-refractivity contribution in [2.24, 2.45) is 0 Å². The molecule has 1 unspecified atom stereocenters. The van der Waals surface area contributed by atoms with Crippen molar-refractivity contribution < 1.29 is 9.53 Å². The summed E-state index contributed by atoms with van der Waals surface area (Å²) in [6.45, 7) is 4.09. The molecule has 170 valence electrons. The Balaban J connectivity index is 1.60. The van der Waals surface area contributed by atoms with Gasteiger partial charge in [0.25, 0.3) is 0 Å². The van der Waals surface area contributed by atoms with Crippen molar-refractivity contribution in [1.29, 1.82) is 0 Å². The van der Waals surface area contributed by atoms with Gasteiger partial charge >= 0.3 is 5.97 Å². The van der Waals surface area contributed by atoms with Gasteiger partial charge in [0, 0.05) is 5.70 Å². The van der Waals surface area contributed by atoms with Crippen LogP contribution in [0.5, 0.6) is 0 Å². The van der Waals surface area contributed by atoms with Crippen molar-refractivity contribution in [3.8, 4) is 0 Å². The van der Waals surface area contributed by atoms with Crippen molar-refractivity contribution in [2.75, 3.05) is 11.9 Å². The van der Waals surface area contributed by atoms with E-state index in [4.69, 9.17) is 9.72 Å². The maximum atomic E-state index is 13.4. The van der Waals surface area contributed by atoms with E-state index in [0.717, 1.165) is 33.6 Å². The van der Waals surface area contributed by atoms with Gasteiger partial charge in [-0.05, 0) is 63.9 Å². The van der Waals surface area contributed by atoms with Crippen LogP contribution in [0.25, 0.3) is 43.4 Å². The van der Waals surface area contributed by atoms with Crippen LogP contribution < -0.4 is 5.32 Å². The molecule has 2 heterocycles. The minimum absolute atomic E-state index is 0.309. The number of nitrogens with zero attached hydrogens (tertiary/aromatic N) is 2. The lowest BCUT2D eigenvalue weighted by Gasteiger charge is -2.31. The Morgan fingerprint density at radius 3 is 2.43 bits per heavy atom. The standard InChI is InChI=1S/C30H23N3O2/c1-3-35-29(34)25-17(2)31-30-32-23-9-4-5-10-24(23)33(30)28(25)22-16-14-20-12-11-18-7-6-8-19-13-15-21(22)27(20)26(18)19/h4-16,28H,3H2,1-2H3,(H,31,32). The number of para-hydroxylation sites is 2. The Morgan fingerprint density at radius 2 is 1.63 bits per heavy atom. The minimum atomic E-state index is -0.373. The van der Waals surface area contributed by atoms with Gasteiger partial charge in [-0.25, -0.2) is 9.78 Å². The smallest absolute Gasteiger partial charge is 0.338 e. The van der Waals surface area contributed by atoms with Crippen LogP contribution in [0.3, 0.4) is 0 Å². The molecule has 0 saturated carbocycles. The van der Waals surface area contributed by atoms with Crippen molar-refractivity contribution in [1.82, 2.24) is 9.55 Å². The van der Waals surface area contributed by atoms with E-state index in [1.54, 1.807) is 0 Å². The number of hydrogen-bond acceptors (Lipinski definition) is 4. The number of imidazole rings is 1. The Labute approximate surface area is 202 Å². The molecule has 0 saturated heterocycles. The molecule has 6 aromatic rings. The van der Waals surface area contributed by atoms with Crippen LogP contribution in [0.4, 0.5) is 5.95 Å². The molecule has 0 spiro atoms. The van der Waals surface area contributed by atoms with Gasteiger partial charge in [0.05, 0.1) is 29.3 Å². The molecule has 1 N–H and O–H groups in total. The Bertz CT molecular complexity index is 1810. The first-order valence-corrected chi connectivity index (χ1v) is 11.9. The fourth-order valence-electron chi connectivity index (χ4n) is 5.73. The molecule has 0 aliphatic carbocycles. The van der Waals surface area contributed by atoms with Gasteiger partial charge in [0.2, 0.25) is 5.95 Å². The second-order valence-corrected chi connectivity index (χ2v) is 9.09. The molecule has 0 amide bonds.